The molecule has 1 heterocycles. The highest BCUT2D eigenvalue weighted by atomic mass is 19.1. The molecule has 3 rings (SSSR count). The van der Waals surface area contributed by atoms with Crippen molar-refractivity contribution in [3.05, 3.63) is 65.3 Å². The molecule has 0 unspecified atom stereocenters. The first-order chi connectivity index (χ1) is 13.0. The van der Waals surface area contributed by atoms with Gasteiger partial charge in [-0.2, -0.15) is 4.98 Å². The zero-order valence-corrected chi connectivity index (χ0v) is 15.0. The van der Waals surface area contributed by atoms with E-state index in [-0.39, 0.29) is 18.1 Å². The molecular weight excluding hydrogens is 347 g/mol. The number of halogens is 1. The van der Waals surface area contributed by atoms with E-state index in [2.05, 4.69) is 15.5 Å². The molecule has 0 saturated carbocycles. The fourth-order valence-corrected chi connectivity index (χ4v) is 2.60. The van der Waals surface area contributed by atoms with Crippen molar-refractivity contribution in [1.29, 1.82) is 0 Å². The third-order valence-electron chi connectivity index (χ3n) is 4.17. The summed E-state index contributed by atoms with van der Waals surface area (Å²) in [6.07, 6.45) is 1.34. The molecule has 0 aliphatic carbocycles. The summed E-state index contributed by atoms with van der Waals surface area (Å²) in [5.74, 6) is 0.401. The van der Waals surface area contributed by atoms with Gasteiger partial charge in [-0.3, -0.25) is 4.79 Å². The first-order valence-corrected chi connectivity index (χ1v) is 8.71. The summed E-state index contributed by atoms with van der Waals surface area (Å²) in [4.78, 5) is 16.2. The number of aryl methyl sites for hydroxylation is 2. The fraction of sp³-hybridized carbons (Fsp3) is 0.250. The van der Waals surface area contributed by atoms with Crippen LogP contribution in [0.2, 0.25) is 0 Å². The summed E-state index contributed by atoms with van der Waals surface area (Å²) < 4.78 is 18.5. The standard InChI is InChI=1S/C20H21FN4O2/c1-13-12-15(4-7-17(13)21)20-24-19(27-25-20)9-8-18(26)23-11-10-14-2-5-16(22)6-3-14/h2-7,12H,8-11,22H2,1H3,(H,23,26). The van der Waals surface area contributed by atoms with Crippen LogP contribution in [0.25, 0.3) is 11.4 Å². The number of nitrogens with one attached hydrogen (secondary N) is 1. The van der Waals surface area contributed by atoms with Crippen molar-refractivity contribution in [3.8, 4) is 11.4 Å². The van der Waals surface area contributed by atoms with Gasteiger partial charge in [0, 0.05) is 30.6 Å². The van der Waals surface area contributed by atoms with Crippen molar-refractivity contribution >= 4 is 11.6 Å². The van der Waals surface area contributed by atoms with Crippen molar-refractivity contribution in [1.82, 2.24) is 15.5 Å². The molecule has 2 aromatic carbocycles. The third-order valence-corrected chi connectivity index (χ3v) is 4.17. The van der Waals surface area contributed by atoms with Crippen molar-refractivity contribution in [2.24, 2.45) is 0 Å². The minimum atomic E-state index is -0.280. The van der Waals surface area contributed by atoms with E-state index in [4.69, 9.17) is 10.3 Å². The molecule has 1 aromatic heterocycles. The summed E-state index contributed by atoms with van der Waals surface area (Å²) in [5.41, 5.74) is 8.67. The molecule has 0 saturated heterocycles. The number of carbonyl (C=O) groups is 1. The van der Waals surface area contributed by atoms with Crippen LogP contribution in [-0.4, -0.2) is 22.6 Å². The molecule has 0 spiro atoms. The van der Waals surface area contributed by atoms with E-state index in [1.165, 1.54) is 6.07 Å². The second kappa shape index (κ2) is 8.44. The van der Waals surface area contributed by atoms with Gasteiger partial charge in [0.2, 0.25) is 17.6 Å². The number of hydrogen-bond acceptors (Lipinski definition) is 5. The van der Waals surface area contributed by atoms with Gasteiger partial charge in [0.25, 0.3) is 0 Å². The zero-order valence-electron chi connectivity index (χ0n) is 15.0. The molecule has 0 bridgehead atoms. The molecule has 1 amide bonds. The molecule has 0 atom stereocenters. The van der Waals surface area contributed by atoms with Gasteiger partial charge in [-0.25, -0.2) is 4.39 Å². The molecule has 3 aromatic rings. The number of nitrogens with two attached hydrogens (primary N) is 1. The maximum Gasteiger partial charge on any atom is 0.227 e. The SMILES string of the molecule is Cc1cc(-c2noc(CCC(=O)NCCc3ccc(N)cc3)n2)ccc1F. The van der Waals surface area contributed by atoms with Crippen LogP contribution in [0.4, 0.5) is 10.1 Å². The summed E-state index contributed by atoms with van der Waals surface area (Å²) in [6.45, 7) is 2.22. The molecule has 140 valence electrons. The Morgan fingerprint density at radius 1 is 1.19 bits per heavy atom. The smallest absolute Gasteiger partial charge is 0.227 e. The third kappa shape index (κ3) is 5.13. The molecule has 6 nitrogen and oxygen atoms in total. The molecular formula is C20H21FN4O2. The normalized spacial score (nSPS) is 10.7. The lowest BCUT2D eigenvalue weighted by Crippen LogP contribution is -2.25. The van der Waals surface area contributed by atoms with Crippen LogP contribution in [0.15, 0.2) is 47.0 Å². The highest BCUT2D eigenvalue weighted by molar-refractivity contribution is 5.76. The largest absolute Gasteiger partial charge is 0.399 e. The lowest BCUT2D eigenvalue weighted by molar-refractivity contribution is -0.121. The maximum absolute atomic E-state index is 13.3. The van der Waals surface area contributed by atoms with Crippen LogP contribution < -0.4 is 11.1 Å². The van der Waals surface area contributed by atoms with E-state index in [1.54, 1.807) is 19.1 Å². The second-order valence-corrected chi connectivity index (χ2v) is 6.32. The number of aromatic nitrogens is 2. The summed E-state index contributed by atoms with van der Waals surface area (Å²) in [6, 6.07) is 12.2. The Hall–Kier alpha value is -3.22. The van der Waals surface area contributed by atoms with Gasteiger partial charge in [0.1, 0.15) is 5.82 Å². The fourth-order valence-electron chi connectivity index (χ4n) is 2.60. The predicted molar refractivity (Wildman–Crippen MR) is 100 cm³/mol. The van der Waals surface area contributed by atoms with Gasteiger partial charge >= 0.3 is 0 Å². The number of anilines is 1. The minimum absolute atomic E-state index is 0.0807. The zero-order chi connectivity index (χ0) is 19.2. The number of rotatable bonds is 7. The molecule has 3 N–H and O–H groups in total. The van der Waals surface area contributed by atoms with Gasteiger partial charge < -0.3 is 15.6 Å². The Morgan fingerprint density at radius 3 is 2.70 bits per heavy atom. The van der Waals surface area contributed by atoms with Gasteiger partial charge in [-0.05, 0) is 54.8 Å². The van der Waals surface area contributed by atoms with Crippen LogP contribution in [-0.2, 0) is 17.6 Å². The highest BCUT2D eigenvalue weighted by Gasteiger charge is 2.11. The quantitative estimate of drug-likeness (QED) is 0.625. The Balaban J connectivity index is 1.45. The lowest BCUT2D eigenvalue weighted by atomic mass is 10.1. The number of hydrogen-bond donors (Lipinski definition) is 2. The van der Waals surface area contributed by atoms with Crippen molar-refractivity contribution in [2.75, 3.05) is 12.3 Å². The van der Waals surface area contributed by atoms with Crippen LogP contribution in [0, 0.1) is 12.7 Å². The minimum Gasteiger partial charge on any atom is -0.399 e. The van der Waals surface area contributed by atoms with Gasteiger partial charge in [-0.1, -0.05) is 17.3 Å². The van der Waals surface area contributed by atoms with Crippen molar-refractivity contribution in [3.63, 3.8) is 0 Å². The number of nitrogens with zero attached hydrogens (tertiary/aromatic N) is 2. The monoisotopic (exact) mass is 368 g/mol. The van der Waals surface area contributed by atoms with E-state index in [0.717, 1.165) is 17.7 Å². The topological polar surface area (TPSA) is 94.0 Å². The lowest BCUT2D eigenvalue weighted by Gasteiger charge is -2.04. The number of amides is 1. The number of nitrogen functional groups attached to an aromatic ring is 1. The van der Waals surface area contributed by atoms with E-state index < -0.39 is 0 Å². The van der Waals surface area contributed by atoms with Gasteiger partial charge in [-0.15, -0.1) is 0 Å². The van der Waals surface area contributed by atoms with Crippen molar-refractivity contribution in [2.45, 2.75) is 26.2 Å². The molecule has 27 heavy (non-hydrogen) atoms. The first kappa shape index (κ1) is 18.6. The van der Waals surface area contributed by atoms with Gasteiger partial charge in [0.15, 0.2) is 0 Å². The summed E-state index contributed by atoms with van der Waals surface area (Å²) in [7, 11) is 0. The molecule has 0 radical (unpaired) electrons. The molecule has 0 aliphatic heterocycles. The summed E-state index contributed by atoms with van der Waals surface area (Å²) >= 11 is 0. The molecule has 7 heteroatoms. The Labute approximate surface area is 156 Å². The average molecular weight is 368 g/mol. The number of carbonyl (C=O) groups excluding carboxylic acids is 1. The average Bonchev–Trinajstić information content (AvgIpc) is 3.13. The van der Waals surface area contributed by atoms with E-state index in [0.29, 0.717) is 35.8 Å². The number of benzene rings is 2. The highest BCUT2D eigenvalue weighted by Crippen LogP contribution is 2.19. The Morgan fingerprint density at radius 2 is 1.96 bits per heavy atom. The Kier molecular flexibility index (Phi) is 5.80. The van der Waals surface area contributed by atoms with Crippen LogP contribution in [0.3, 0.4) is 0 Å². The van der Waals surface area contributed by atoms with Crippen molar-refractivity contribution < 1.29 is 13.7 Å². The maximum atomic E-state index is 13.3. The van der Waals surface area contributed by atoms with E-state index >= 15 is 0 Å². The van der Waals surface area contributed by atoms with E-state index in [9.17, 15) is 9.18 Å². The van der Waals surface area contributed by atoms with Crippen LogP contribution in [0.5, 0.6) is 0 Å². The Bertz CT molecular complexity index is 922. The molecule has 0 fully saturated rings. The summed E-state index contributed by atoms with van der Waals surface area (Å²) in [5, 5.41) is 6.76. The molecule has 0 aliphatic rings. The van der Waals surface area contributed by atoms with Crippen LogP contribution in [0.1, 0.15) is 23.4 Å². The van der Waals surface area contributed by atoms with Gasteiger partial charge in [0.05, 0.1) is 0 Å². The van der Waals surface area contributed by atoms with E-state index in [1.807, 2.05) is 24.3 Å². The van der Waals surface area contributed by atoms with Crippen LogP contribution >= 0.6 is 0 Å². The second-order valence-electron chi connectivity index (χ2n) is 6.32. The first-order valence-electron chi connectivity index (χ1n) is 8.71. The predicted octanol–water partition coefficient (Wildman–Crippen LogP) is 3.06.